The average molecular weight is 412 g/mol. The van der Waals surface area contributed by atoms with Crippen molar-refractivity contribution in [1.29, 1.82) is 0 Å². The number of aromatic nitrogens is 2. The topological polar surface area (TPSA) is 69.6 Å². The molecule has 1 aliphatic heterocycles. The molecule has 1 unspecified atom stereocenters. The lowest BCUT2D eigenvalue weighted by Crippen LogP contribution is -2.48. The molecule has 156 valence electrons. The van der Waals surface area contributed by atoms with E-state index in [0.29, 0.717) is 43.3 Å². The van der Waals surface area contributed by atoms with Crippen LogP contribution in [0.1, 0.15) is 12.5 Å². The van der Waals surface area contributed by atoms with Crippen LogP contribution in [0.25, 0.3) is 11.1 Å². The second kappa shape index (κ2) is 7.94. The van der Waals surface area contributed by atoms with Crippen molar-refractivity contribution in [3.8, 4) is 11.1 Å². The summed E-state index contributed by atoms with van der Waals surface area (Å²) in [6.07, 6.45) is -2.04. The highest BCUT2D eigenvalue weighted by molar-refractivity contribution is 5.73. The number of alkyl halides is 4. The predicted octanol–water partition coefficient (Wildman–Crippen LogP) is 2.53. The summed E-state index contributed by atoms with van der Waals surface area (Å²) in [5, 5.41) is 9.67. The van der Waals surface area contributed by atoms with Crippen LogP contribution in [0.4, 0.5) is 23.5 Å². The molecule has 1 fully saturated rings. The van der Waals surface area contributed by atoms with Crippen molar-refractivity contribution in [1.82, 2.24) is 14.9 Å². The molecule has 2 aromatic rings. The summed E-state index contributed by atoms with van der Waals surface area (Å²) in [5.74, 6) is 0.520. The molecule has 0 bridgehead atoms. The highest BCUT2D eigenvalue weighted by Crippen LogP contribution is 2.39. The first kappa shape index (κ1) is 21.0. The molecule has 6 nitrogen and oxygen atoms in total. The Kier molecular flexibility index (Phi) is 5.74. The lowest BCUT2D eigenvalue weighted by atomic mass is 9.93. The van der Waals surface area contributed by atoms with E-state index in [0.717, 1.165) is 12.1 Å². The van der Waals surface area contributed by atoms with E-state index in [9.17, 15) is 27.5 Å². The number of halogens is 4. The van der Waals surface area contributed by atoms with Gasteiger partial charge in [0, 0.05) is 51.1 Å². The first-order valence-electron chi connectivity index (χ1n) is 8.94. The first-order chi connectivity index (χ1) is 13.7. The van der Waals surface area contributed by atoms with Crippen LogP contribution in [0.15, 0.2) is 36.7 Å². The third-order valence-electron chi connectivity index (χ3n) is 5.00. The standard InChI is InChI=1S/C19H20F4N4O2/c1-13(28)26-6-8-27(9-7-26)17-24-10-15(11-25-17)14-2-4-16(5-3-14)18(29,12-20)19(21,22)23/h2-5,10-11,29H,6-9,12H2,1H3. The summed E-state index contributed by atoms with van der Waals surface area (Å²) in [6, 6.07) is 4.78. The van der Waals surface area contributed by atoms with Gasteiger partial charge in [-0.3, -0.25) is 4.79 Å². The average Bonchev–Trinajstić information content (AvgIpc) is 2.72. The molecule has 10 heteroatoms. The highest BCUT2D eigenvalue weighted by atomic mass is 19.4. The Morgan fingerprint density at radius 2 is 1.59 bits per heavy atom. The van der Waals surface area contributed by atoms with E-state index in [2.05, 4.69) is 9.97 Å². The van der Waals surface area contributed by atoms with E-state index < -0.39 is 24.0 Å². The third-order valence-corrected chi connectivity index (χ3v) is 5.00. The van der Waals surface area contributed by atoms with Gasteiger partial charge in [0.1, 0.15) is 6.67 Å². The Balaban J connectivity index is 1.73. The molecular weight excluding hydrogens is 392 g/mol. The van der Waals surface area contributed by atoms with Gasteiger partial charge in [-0.15, -0.1) is 0 Å². The second-order valence-electron chi connectivity index (χ2n) is 6.83. The van der Waals surface area contributed by atoms with Crippen LogP contribution in [0.3, 0.4) is 0 Å². The molecule has 0 aliphatic carbocycles. The monoisotopic (exact) mass is 412 g/mol. The van der Waals surface area contributed by atoms with Crippen LogP contribution in [0.5, 0.6) is 0 Å². The number of rotatable bonds is 4. The first-order valence-corrected chi connectivity index (χ1v) is 8.94. The van der Waals surface area contributed by atoms with Crippen molar-refractivity contribution < 1.29 is 27.5 Å². The Hall–Kier alpha value is -2.75. The molecule has 1 aromatic heterocycles. The minimum Gasteiger partial charge on any atom is -0.374 e. The maximum Gasteiger partial charge on any atom is 0.424 e. The summed E-state index contributed by atoms with van der Waals surface area (Å²) in [7, 11) is 0. The molecule has 1 aromatic carbocycles. The van der Waals surface area contributed by atoms with Crippen LogP contribution in [-0.4, -0.2) is 64.9 Å². The maximum atomic E-state index is 13.0. The molecule has 0 spiro atoms. The fourth-order valence-electron chi connectivity index (χ4n) is 3.11. The molecule has 29 heavy (non-hydrogen) atoms. The van der Waals surface area contributed by atoms with Crippen molar-refractivity contribution >= 4 is 11.9 Å². The van der Waals surface area contributed by atoms with Crippen molar-refractivity contribution in [3.63, 3.8) is 0 Å². The quantitative estimate of drug-likeness (QED) is 0.782. The third kappa shape index (κ3) is 4.16. The van der Waals surface area contributed by atoms with Gasteiger partial charge in [0.2, 0.25) is 17.5 Å². The minimum absolute atomic E-state index is 0.0227. The summed E-state index contributed by atoms with van der Waals surface area (Å²) < 4.78 is 51.8. The Labute approximate surface area is 164 Å². The molecule has 0 radical (unpaired) electrons. The van der Waals surface area contributed by atoms with Gasteiger partial charge in [-0.1, -0.05) is 24.3 Å². The number of benzene rings is 1. The number of anilines is 1. The second-order valence-corrected chi connectivity index (χ2v) is 6.83. The molecule has 1 atom stereocenters. The molecule has 1 aliphatic rings. The van der Waals surface area contributed by atoms with Crippen molar-refractivity contribution in [3.05, 3.63) is 42.2 Å². The van der Waals surface area contributed by atoms with E-state index in [1.54, 1.807) is 17.3 Å². The number of nitrogens with zero attached hydrogens (tertiary/aromatic N) is 4. The van der Waals surface area contributed by atoms with Crippen LogP contribution >= 0.6 is 0 Å². The molecule has 1 N–H and O–H groups in total. The number of hydrogen-bond donors (Lipinski definition) is 1. The molecule has 1 saturated heterocycles. The van der Waals surface area contributed by atoms with Crippen LogP contribution in [-0.2, 0) is 10.4 Å². The van der Waals surface area contributed by atoms with Gasteiger partial charge in [-0.2, -0.15) is 13.2 Å². The smallest absolute Gasteiger partial charge is 0.374 e. The zero-order valence-electron chi connectivity index (χ0n) is 15.7. The summed E-state index contributed by atoms with van der Waals surface area (Å²) in [5.41, 5.74) is -3.01. The summed E-state index contributed by atoms with van der Waals surface area (Å²) in [4.78, 5) is 23.7. The molecule has 3 rings (SSSR count). The van der Waals surface area contributed by atoms with Gasteiger partial charge in [0.05, 0.1) is 0 Å². The van der Waals surface area contributed by atoms with Gasteiger partial charge in [0.15, 0.2) is 0 Å². The van der Waals surface area contributed by atoms with E-state index in [1.165, 1.54) is 19.1 Å². The highest BCUT2D eigenvalue weighted by Gasteiger charge is 2.55. The molecule has 1 amide bonds. The Bertz CT molecular complexity index is 850. The van der Waals surface area contributed by atoms with E-state index in [-0.39, 0.29) is 5.91 Å². The fraction of sp³-hybridized carbons (Fsp3) is 0.421. The molecule has 0 saturated carbocycles. The zero-order valence-corrected chi connectivity index (χ0v) is 15.7. The van der Waals surface area contributed by atoms with Crippen LogP contribution in [0, 0.1) is 0 Å². The maximum absolute atomic E-state index is 13.0. The van der Waals surface area contributed by atoms with Crippen molar-refractivity contribution in [2.75, 3.05) is 37.8 Å². The largest absolute Gasteiger partial charge is 0.424 e. The van der Waals surface area contributed by atoms with Gasteiger partial charge in [-0.05, 0) is 11.1 Å². The lowest BCUT2D eigenvalue weighted by Gasteiger charge is -2.34. The van der Waals surface area contributed by atoms with Gasteiger partial charge in [-0.25, -0.2) is 14.4 Å². The molecular formula is C19H20F4N4O2. The lowest BCUT2D eigenvalue weighted by molar-refractivity contribution is -0.271. The summed E-state index contributed by atoms with van der Waals surface area (Å²) >= 11 is 0. The van der Waals surface area contributed by atoms with Crippen LogP contribution < -0.4 is 4.90 Å². The van der Waals surface area contributed by atoms with Crippen LogP contribution in [0.2, 0.25) is 0 Å². The number of hydrogen-bond acceptors (Lipinski definition) is 5. The van der Waals surface area contributed by atoms with E-state index >= 15 is 0 Å². The number of carbonyl (C=O) groups is 1. The SMILES string of the molecule is CC(=O)N1CCN(c2ncc(-c3ccc(C(O)(CF)C(F)(F)F)cc3)cn2)CC1. The van der Waals surface area contributed by atoms with E-state index in [1.807, 2.05) is 4.90 Å². The number of piperazine rings is 1. The van der Waals surface area contributed by atoms with Crippen molar-refractivity contribution in [2.45, 2.75) is 18.7 Å². The normalized spacial score (nSPS) is 17.2. The Morgan fingerprint density at radius 1 is 1.03 bits per heavy atom. The van der Waals surface area contributed by atoms with Gasteiger partial charge >= 0.3 is 6.18 Å². The Morgan fingerprint density at radius 3 is 2.03 bits per heavy atom. The predicted molar refractivity (Wildman–Crippen MR) is 97.9 cm³/mol. The van der Waals surface area contributed by atoms with Crippen molar-refractivity contribution in [2.24, 2.45) is 0 Å². The zero-order chi connectivity index (χ0) is 21.2. The fourth-order valence-corrected chi connectivity index (χ4v) is 3.11. The number of carbonyl (C=O) groups excluding carboxylic acids is 1. The van der Waals surface area contributed by atoms with Gasteiger partial charge < -0.3 is 14.9 Å². The van der Waals surface area contributed by atoms with E-state index in [4.69, 9.17) is 0 Å². The van der Waals surface area contributed by atoms with Gasteiger partial charge in [0.25, 0.3) is 0 Å². The molecule has 2 heterocycles. The number of amides is 1. The number of aliphatic hydroxyl groups is 1. The summed E-state index contributed by atoms with van der Waals surface area (Å²) in [6.45, 7) is 1.93. The minimum atomic E-state index is -5.12.